The predicted molar refractivity (Wildman–Crippen MR) is 126 cm³/mol. The number of rotatable bonds is 6. The van der Waals surface area contributed by atoms with Gasteiger partial charge in [0.05, 0.1) is 17.6 Å². The molecule has 1 amide bonds. The lowest BCUT2D eigenvalue weighted by molar-refractivity contribution is -0.137. The van der Waals surface area contributed by atoms with Crippen LogP contribution < -0.4 is 5.73 Å². The standard InChI is InChI=1S/C27H28F3N3O/c28-27(29,30)23-13-7-8-20(18-23)19-24(31)26(34)33-16-14-32(15-17-33)25(21-9-3-1-4-10-21)22-11-5-2-6-12-22/h1-13,18,24-25H,14-17,19,31H2. The summed E-state index contributed by atoms with van der Waals surface area (Å²) in [5.74, 6) is -0.229. The van der Waals surface area contributed by atoms with Crippen molar-refractivity contribution in [1.29, 1.82) is 0 Å². The van der Waals surface area contributed by atoms with Crippen molar-refractivity contribution < 1.29 is 18.0 Å². The molecule has 0 aliphatic carbocycles. The van der Waals surface area contributed by atoms with Crippen LogP contribution in [0.5, 0.6) is 0 Å². The molecule has 3 aromatic rings. The summed E-state index contributed by atoms with van der Waals surface area (Å²) < 4.78 is 39.0. The zero-order valence-corrected chi connectivity index (χ0v) is 18.8. The SMILES string of the molecule is NC(Cc1cccc(C(F)(F)F)c1)C(=O)N1CCN(C(c2ccccc2)c2ccccc2)CC1. The molecule has 2 N–H and O–H groups in total. The Morgan fingerprint density at radius 2 is 1.38 bits per heavy atom. The summed E-state index contributed by atoms with van der Waals surface area (Å²) in [4.78, 5) is 17.0. The normalized spacial score (nSPS) is 16.0. The van der Waals surface area contributed by atoms with Crippen molar-refractivity contribution in [2.45, 2.75) is 24.7 Å². The lowest BCUT2D eigenvalue weighted by Gasteiger charge is -2.40. The van der Waals surface area contributed by atoms with Gasteiger partial charge in [0.2, 0.25) is 5.91 Å². The molecule has 1 aliphatic heterocycles. The van der Waals surface area contributed by atoms with Gasteiger partial charge in [-0.2, -0.15) is 13.2 Å². The van der Waals surface area contributed by atoms with E-state index in [1.54, 1.807) is 11.0 Å². The molecule has 4 nitrogen and oxygen atoms in total. The molecule has 1 atom stereocenters. The molecule has 0 bridgehead atoms. The number of nitrogens with zero attached hydrogens (tertiary/aromatic N) is 2. The van der Waals surface area contributed by atoms with Gasteiger partial charge in [0.1, 0.15) is 0 Å². The van der Waals surface area contributed by atoms with E-state index >= 15 is 0 Å². The highest BCUT2D eigenvalue weighted by Crippen LogP contribution is 2.31. The van der Waals surface area contributed by atoms with E-state index in [4.69, 9.17) is 5.73 Å². The maximum Gasteiger partial charge on any atom is 0.416 e. The number of alkyl halides is 3. The average Bonchev–Trinajstić information content (AvgIpc) is 2.85. The quantitative estimate of drug-likeness (QED) is 0.581. The van der Waals surface area contributed by atoms with Crippen molar-refractivity contribution in [3.05, 3.63) is 107 Å². The molecule has 7 heteroatoms. The average molecular weight is 468 g/mol. The summed E-state index contributed by atoms with van der Waals surface area (Å²) in [5, 5.41) is 0. The number of hydrogen-bond acceptors (Lipinski definition) is 3. The molecule has 1 heterocycles. The third kappa shape index (κ3) is 5.66. The highest BCUT2D eigenvalue weighted by atomic mass is 19.4. The molecule has 1 fully saturated rings. The van der Waals surface area contributed by atoms with Crippen LogP contribution in [0.3, 0.4) is 0 Å². The van der Waals surface area contributed by atoms with Crippen LogP contribution in [0.25, 0.3) is 0 Å². The van der Waals surface area contributed by atoms with E-state index in [2.05, 4.69) is 29.2 Å². The molecule has 1 unspecified atom stereocenters. The van der Waals surface area contributed by atoms with E-state index in [-0.39, 0.29) is 18.4 Å². The van der Waals surface area contributed by atoms with Crippen LogP contribution in [0, 0.1) is 0 Å². The smallest absolute Gasteiger partial charge is 0.339 e. The maximum atomic E-state index is 13.0. The van der Waals surface area contributed by atoms with Crippen LogP contribution in [-0.2, 0) is 17.4 Å². The molecule has 3 aromatic carbocycles. The molecule has 1 aliphatic rings. The van der Waals surface area contributed by atoms with Crippen molar-refractivity contribution in [2.75, 3.05) is 26.2 Å². The van der Waals surface area contributed by atoms with Crippen molar-refractivity contribution in [3.8, 4) is 0 Å². The lowest BCUT2D eigenvalue weighted by atomic mass is 9.96. The van der Waals surface area contributed by atoms with Crippen molar-refractivity contribution >= 4 is 5.91 Å². The minimum atomic E-state index is -4.42. The van der Waals surface area contributed by atoms with Crippen LogP contribution in [0.15, 0.2) is 84.9 Å². The number of piperazine rings is 1. The number of carbonyl (C=O) groups excluding carboxylic acids is 1. The third-order valence-electron chi connectivity index (χ3n) is 6.25. The molecular formula is C27H28F3N3O. The highest BCUT2D eigenvalue weighted by Gasteiger charge is 2.32. The van der Waals surface area contributed by atoms with E-state index in [9.17, 15) is 18.0 Å². The molecule has 1 saturated heterocycles. The molecule has 4 rings (SSSR count). The van der Waals surface area contributed by atoms with Gasteiger partial charge in [-0.1, -0.05) is 78.9 Å². The minimum Gasteiger partial charge on any atom is -0.339 e. The van der Waals surface area contributed by atoms with Crippen LogP contribution >= 0.6 is 0 Å². The Kier molecular flexibility index (Phi) is 7.34. The first-order valence-electron chi connectivity index (χ1n) is 11.4. The number of halogens is 3. The Balaban J connectivity index is 1.41. The number of carbonyl (C=O) groups is 1. The number of benzene rings is 3. The van der Waals surface area contributed by atoms with Gasteiger partial charge in [-0.15, -0.1) is 0 Å². The fourth-order valence-electron chi connectivity index (χ4n) is 4.54. The number of amides is 1. The Morgan fingerprint density at radius 1 is 0.824 bits per heavy atom. The molecular weight excluding hydrogens is 439 g/mol. The topological polar surface area (TPSA) is 49.6 Å². The molecule has 0 radical (unpaired) electrons. The Hall–Kier alpha value is -3.16. The molecule has 34 heavy (non-hydrogen) atoms. The van der Waals surface area contributed by atoms with Crippen LogP contribution in [0.2, 0.25) is 0 Å². The van der Waals surface area contributed by atoms with Crippen molar-refractivity contribution in [2.24, 2.45) is 5.73 Å². The van der Waals surface area contributed by atoms with Gasteiger partial charge in [-0.25, -0.2) is 0 Å². The number of nitrogens with two attached hydrogens (primary N) is 1. The van der Waals surface area contributed by atoms with Crippen LogP contribution in [0.1, 0.15) is 28.3 Å². The van der Waals surface area contributed by atoms with E-state index in [1.165, 1.54) is 17.2 Å². The van der Waals surface area contributed by atoms with Gasteiger partial charge in [0, 0.05) is 26.2 Å². The van der Waals surface area contributed by atoms with Crippen molar-refractivity contribution in [3.63, 3.8) is 0 Å². The summed E-state index contributed by atoms with van der Waals surface area (Å²) in [6, 6.07) is 24.7. The van der Waals surface area contributed by atoms with E-state index in [0.29, 0.717) is 31.7 Å². The zero-order valence-electron chi connectivity index (χ0n) is 18.8. The zero-order chi connectivity index (χ0) is 24.1. The fraction of sp³-hybridized carbons (Fsp3) is 0.296. The van der Waals surface area contributed by atoms with Gasteiger partial charge in [-0.05, 0) is 29.2 Å². The van der Waals surface area contributed by atoms with Crippen LogP contribution in [0.4, 0.5) is 13.2 Å². The van der Waals surface area contributed by atoms with Gasteiger partial charge < -0.3 is 10.6 Å². The second-order valence-electron chi connectivity index (χ2n) is 8.59. The summed E-state index contributed by atoms with van der Waals surface area (Å²) in [7, 11) is 0. The van der Waals surface area contributed by atoms with Gasteiger partial charge in [0.15, 0.2) is 0 Å². The Labute approximate surface area is 197 Å². The monoisotopic (exact) mass is 467 g/mol. The van der Waals surface area contributed by atoms with Crippen molar-refractivity contribution in [1.82, 2.24) is 9.80 Å². The fourth-order valence-corrected chi connectivity index (χ4v) is 4.54. The summed E-state index contributed by atoms with van der Waals surface area (Å²) in [6.45, 7) is 2.39. The highest BCUT2D eigenvalue weighted by molar-refractivity contribution is 5.82. The minimum absolute atomic E-state index is 0.0691. The third-order valence-corrected chi connectivity index (χ3v) is 6.25. The predicted octanol–water partition coefficient (Wildman–Crippen LogP) is 4.51. The summed E-state index contributed by atoms with van der Waals surface area (Å²) >= 11 is 0. The van der Waals surface area contributed by atoms with E-state index in [1.807, 2.05) is 36.4 Å². The maximum absolute atomic E-state index is 13.0. The second-order valence-corrected chi connectivity index (χ2v) is 8.59. The Bertz CT molecular complexity index is 1040. The molecule has 0 saturated carbocycles. The van der Waals surface area contributed by atoms with Gasteiger partial charge in [0.25, 0.3) is 0 Å². The first-order chi connectivity index (χ1) is 16.3. The largest absolute Gasteiger partial charge is 0.416 e. The van der Waals surface area contributed by atoms with Gasteiger partial charge >= 0.3 is 6.18 Å². The molecule has 0 aromatic heterocycles. The second kappa shape index (κ2) is 10.4. The van der Waals surface area contributed by atoms with Gasteiger partial charge in [-0.3, -0.25) is 9.69 Å². The summed E-state index contributed by atoms with van der Waals surface area (Å²) in [5.41, 5.74) is 8.18. The first kappa shape index (κ1) is 24.0. The molecule has 0 spiro atoms. The summed E-state index contributed by atoms with van der Waals surface area (Å²) in [6.07, 6.45) is -4.35. The Morgan fingerprint density at radius 3 is 1.91 bits per heavy atom. The van der Waals surface area contributed by atoms with Crippen LogP contribution in [-0.4, -0.2) is 47.9 Å². The molecule has 178 valence electrons. The van der Waals surface area contributed by atoms with E-state index < -0.39 is 17.8 Å². The van der Waals surface area contributed by atoms with E-state index in [0.717, 1.165) is 12.1 Å². The lowest BCUT2D eigenvalue weighted by Crippen LogP contribution is -2.54. The number of hydrogen-bond donors (Lipinski definition) is 1. The first-order valence-corrected chi connectivity index (χ1v) is 11.4.